The van der Waals surface area contributed by atoms with Crippen LogP contribution in [0.4, 0.5) is 19.1 Å². The molecule has 2 aromatic heterocycles. The molecule has 0 unspecified atom stereocenters. The van der Waals surface area contributed by atoms with Gasteiger partial charge in [-0.15, -0.1) is 0 Å². The van der Waals surface area contributed by atoms with E-state index in [1.807, 2.05) is 49.4 Å². The fourth-order valence-electron chi connectivity index (χ4n) is 4.13. The number of hydrogen-bond acceptors (Lipinski definition) is 4. The maximum atomic E-state index is 13.2. The maximum absolute atomic E-state index is 13.2. The van der Waals surface area contributed by atoms with Crippen molar-refractivity contribution in [2.24, 2.45) is 0 Å². The number of hydrogen-bond donors (Lipinski definition) is 1. The number of aromatic amines is 1. The fourth-order valence-corrected chi connectivity index (χ4v) is 4.31. The summed E-state index contributed by atoms with van der Waals surface area (Å²) in [6.07, 6.45) is -3.11. The number of nitrogens with zero attached hydrogens (tertiary/aromatic N) is 4. The number of rotatable bonds is 2. The van der Waals surface area contributed by atoms with Crippen LogP contribution in [-0.2, 0) is 12.6 Å². The van der Waals surface area contributed by atoms with Gasteiger partial charge in [0.1, 0.15) is 6.33 Å². The summed E-state index contributed by atoms with van der Waals surface area (Å²) < 4.78 is 39.7. The first-order chi connectivity index (χ1) is 14.8. The lowest BCUT2D eigenvalue weighted by molar-refractivity contribution is -0.145. The Balaban J connectivity index is 1.69. The van der Waals surface area contributed by atoms with Crippen molar-refractivity contribution in [3.63, 3.8) is 0 Å². The smallest absolute Gasteiger partial charge is 0.356 e. The van der Waals surface area contributed by atoms with E-state index in [-0.39, 0.29) is 12.0 Å². The van der Waals surface area contributed by atoms with Crippen LogP contribution in [0.5, 0.6) is 0 Å². The Morgan fingerprint density at radius 1 is 1.10 bits per heavy atom. The van der Waals surface area contributed by atoms with E-state index in [1.54, 1.807) is 4.90 Å². The second-order valence-electron chi connectivity index (χ2n) is 7.57. The molecular formula is C22H17ClF3N5. The van der Waals surface area contributed by atoms with Crippen molar-refractivity contribution in [2.75, 3.05) is 11.4 Å². The number of aryl methyl sites for hydroxylation is 1. The van der Waals surface area contributed by atoms with Gasteiger partial charge in [-0.2, -0.15) is 18.2 Å². The molecule has 5 rings (SSSR count). The molecule has 0 saturated heterocycles. The van der Waals surface area contributed by atoms with E-state index in [0.29, 0.717) is 18.0 Å². The van der Waals surface area contributed by atoms with E-state index < -0.39 is 12.0 Å². The fraction of sp³-hybridized carbons (Fsp3) is 0.227. The number of benzene rings is 2. The number of aromatic nitrogens is 4. The maximum Gasteiger partial charge on any atom is 0.451 e. The van der Waals surface area contributed by atoms with Crippen molar-refractivity contribution < 1.29 is 13.2 Å². The Hall–Kier alpha value is -3.13. The first-order valence-corrected chi connectivity index (χ1v) is 10.1. The van der Waals surface area contributed by atoms with Gasteiger partial charge >= 0.3 is 6.18 Å². The second kappa shape index (κ2) is 7.23. The van der Waals surface area contributed by atoms with Crippen molar-refractivity contribution in [3.8, 4) is 0 Å². The standard InChI is InChI=1S/C22H17ClF3N5/c1-12-2-4-13(5-3-12)19-18-15(16-10-14(23)6-7-17(16)29-18)8-9-31(19)21-28-11-27-20(30-21)22(24,25)26/h2-7,10-11,19,29H,8-9H2,1H3/t19-/m0/s1. The van der Waals surface area contributed by atoms with Gasteiger partial charge in [-0.1, -0.05) is 41.4 Å². The van der Waals surface area contributed by atoms with Gasteiger partial charge < -0.3 is 9.88 Å². The van der Waals surface area contributed by atoms with Crippen LogP contribution in [0.1, 0.15) is 34.3 Å². The van der Waals surface area contributed by atoms with E-state index in [0.717, 1.165) is 39.6 Å². The minimum Gasteiger partial charge on any atom is -0.356 e. The largest absolute Gasteiger partial charge is 0.451 e. The molecule has 0 fully saturated rings. The lowest BCUT2D eigenvalue weighted by Gasteiger charge is -2.36. The summed E-state index contributed by atoms with van der Waals surface area (Å²) in [5, 5.41) is 1.65. The van der Waals surface area contributed by atoms with E-state index in [4.69, 9.17) is 11.6 Å². The van der Waals surface area contributed by atoms with Gasteiger partial charge in [-0.05, 0) is 42.7 Å². The number of nitrogens with one attached hydrogen (secondary N) is 1. The van der Waals surface area contributed by atoms with Gasteiger partial charge in [0.25, 0.3) is 0 Å². The Morgan fingerprint density at radius 3 is 2.61 bits per heavy atom. The highest BCUT2D eigenvalue weighted by Crippen LogP contribution is 2.40. The summed E-state index contributed by atoms with van der Waals surface area (Å²) >= 11 is 6.22. The second-order valence-corrected chi connectivity index (χ2v) is 8.01. The number of halogens is 4. The number of H-pyrrole nitrogens is 1. The van der Waals surface area contributed by atoms with E-state index in [1.165, 1.54) is 0 Å². The summed E-state index contributed by atoms with van der Waals surface area (Å²) in [4.78, 5) is 16.4. The van der Waals surface area contributed by atoms with Gasteiger partial charge in [-0.25, -0.2) is 9.97 Å². The molecule has 0 aliphatic carbocycles. The molecule has 0 bridgehead atoms. The Morgan fingerprint density at radius 2 is 1.87 bits per heavy atom. The third kappa shape index (κ3) is 3.50. The molecule has 1 aliphatic heterocycles. The highest BCUT2D eigenvalue weighted by Gasteiger charge is 2.38. The van der Waals surface area contributed by atoms with Crippen LogP contribution in [0.25, 0.3) is 10.9 Å². The first-order valence-electron chi connectivity index (χ1n) is 9.71. The van der Waals surface area contributed by atoms with Crippen molar-refractivity contribution in [3.05, 3.63) is 82.0 Å². The van der Waals surface area contributed by atoms with Crippen LogP contribution in [0.3, 0.4) is 0 Å². The Kier molecular flexibility index (Phi) is 4.62. The van der Waals surface area contributed by atoms with Gasteiger partial charge in [0, 0.05) is 28.2 Å². The lowest BCUT2D eigenvalue weighted by atomic mass is 9.92. The van der Waals surface area contributed by atoms with E-state index >= 15 is 0 Å². The average molecular weight is 444 g/mol. The summed E-state index contributed by atoms with van der Waals surface area (Å²) in [6.45, 7) is 2.44. The molecule has 1 atom stereocenters. The van der Waals surface area contributed by atoms with Crippen LogP contribution in [0.2, 0.25) is 5.02 Å². The number of anilines is 1. The molecule has 1 N–H and O–H groups in total. The van der Waals surface area contributed by atoms with Crippen molar-refractivity contribution in [2.45, 2.75) is 25.6 Å². The third-order valence-corrected chi connectivity index (χ3v) is 5.79. The molecule has 3 heterocycles. The average Bonchev–Trinajstić information content (AvgIpc) is 3.11. The minimum absolute atomic E-state index is 0.00441. The monoisotopic (exact) mass is 443 g/mol. The minimum atomic E-state index is -4.64. The molecule has 158 valence electrons. The highest BCUT2D eigenvalue weighted by molar-refractivity contribution is 6.31. The zero-order valence-electron chi connectivity index (χ0n) is 16.4. The van der Waals surface area contributed by atoms with Gasteiger partial charge in [0.2, 0.25) is 11.8 Å². The van der Waals surface area contributed by atoms with Crippen LogP contribution in [0.15, 0.2) is 48.8 Å². The van der Waals surface area contributed by atoms with E-state index in [2.05, 4.69) is 19.9 Å². The first kappa shape index (κ1) is 19.8. The Labute approximate surface area is 180 Å². The highest BCUT2D eigenvalue weighted by atomic mass is 35.5. The Bertz CT molecular complexity index is 1270. The summed E-state index contributed by atoms with van der Waals surface area (Å²) in [5.41, 5.74) is 4.96. The molecule has 4 aromatic rings. The van der Waals surface area contributed by atoms with Crippen LogP contribution in [0, 0.1) is 6.92 Å². The lowest BCUT2D eigenvalue weighted by Crippen LogP contribution is -2.37. The number of alkyl halides is 3. The zero-order valence-corrected chi connectivity index (χ0v) is 17.2. The summed E-state index contributed by atoms with van der Waals surface area (Å²) in [6, 6.07) is 13.2. The molecular weight excluding hydrogens is 427 g/mol. The summed E-state index contributed by atoms with van der Waals surface area (Å²) in [5.74, 6) is -1.20. The van der Waals surface area contributed by atoms with Crippen molar-refractivity contribution in [1.82, 2.24) is 19.9 Å². The molecule has 0 amide bonds. The van der Waals surface area contributed by atoms with Crippen molar-refractivity contribution >= 4 is 28.5 Å². The molecule has 0 radical (unpaired) electrons. The molecule has 31 heavy (non-hydrogen) atoms. The molecule has 2 aromatic carbocycles. The zero-order chi connectivity index (χ0) is 21.8. The number of fused-ring (bicyclic) bond motifs is 3. The molecule has 0 spiro atoms. The molecule has 1 aliphatic rings. The van der Waals surface area contributed by atoms with Crippen LogP contribution >= 0.6 is 11.6 Å². The molecule has 9 heteroatoms. The van der Waals surface area contributed by atoms with Crippen LogP contribution in [-0.4, -0.2) is 26.5 Å². The van der Waals surface area contributed by atoms with Gasteiger partial charge in [0.15, 0.2) is 0 Å². The van der Waals surface area contributed by atoms with Crippen LogP contribution < -0.4 is 4.90 Å². The quantitative estimate of drug-likeness (QED) is 0.445. The molecule has 5 nitrogen and oxygen atoms in total. The normalized spacial score (nSPS) is 16.5. The van der Waals surface area contributed by atoms with E-state index in [9.17, 15) is 13.2 Å². The van der Waals surface area contributed by atoms with Gasteiger partial charge in [-0.3, -0.25) is 0 Å². The van der Waals surface area contributed by atoms with Gasteiger partial charge in [0.05, 0.1) is 6.04 Å². The predicted molar refractivity (Wildman–Crippen MR) is 112 cm³/mol. The third-order valence-electron chi connectivity index (χ3n) is 5.55. The summed E-state index contributed by atoms with van der Waals surface area (Å²) in [7, 11) is 0. The predicted octanol–water partition coefficient (Wildman–Crippen LogP) is 5.49. The SMILES string of the molecule is Cc1ccc([C@H]2c3[nH]c4ccc(Cl)cc4c3CCN2c2ncnc(C(F)(F)F)n2)cc1. The van der Waals surface area contributed by atoms with Crippen molar-refractivity contribution in [1.29, 1.82) is 0 Å². The molecule has 0 saturated carbocycles. The topological polar surface area (TPSA) is 57.7 Å².